The average molecular weight is 263 g/mol. The Bertz CT molecular complexity index is 567. The van der Waals surface area contributed by atoms with Gasteiger partial charge in [0.15, 0.2) is 11.5 Å². The van der Waals surface area contributed by atoms with E-state index in [0.717, 1.165) is 6.07 Å². The second-order valence-corrected chi connectivity index (χ2v) is 4.06. The number of hydrogen-bond acceptors (Lipinski definition) is 4. The third kappa shape index (κ3) is 3.28. The van der Waals surface area contributed by atoms with Gasteiger partial charge in [-0.05, 0) is 29.8 Å². The summed E-state index contributed by atoms with van der Waals surface area (Å²) in [7, 11) is 1.47. The van der Waals surface area contributed by atoms with Gasteiger partial charge in [-0.25, -0.2) is 4.39 Å². The Morgan fingerprint density at radius 2 is 1.95 bits per heavy atom. The molecule has 100 valence electrons. The summed E-state index contributed by atoms with van der Waals surface area (Å²) in [6, 6.07) is 8.72. The molecule has 0 aromatic heterocycles. The maximum atomic E-state index is 13.1. The summed E-state index contributed by atoms with van der Waals surface area (Å²) in [5.74, 6) is -0.202. The fourth-order valence-electron chi connectivity index (χ4n) is 1.74. The van der Waals surface area contributed by atoms with Crippen molar-refractivity contribution in [1.29, 1.82) is 0 Å². The molecule has 0 aliphatic heterocycles. The largest absolute Gasteiger partial charge is 0.508 e. The van der Waals surface area contributed by atoms with Crippen molar-refractivity contribution in [2.45, 2.75) is 6.54 Å². The van der Waals surface area contributed by atoms with E-state index in [1.807, 2.05) is 0 Å². The lowest BCUT2D eigenvalue weighted by molar-refractivity contribution is 0.373. The van der Waals surface area contributed by atoms with Gasteiger partial charge in [0, 0.05) is 24.4 Å². The third-order valence-corrected chi connectivity index (χ3v) is 2.62. The molecule has 0 aliphatic carbocycles. The van der Waals surface area contributed by atoms with E-state index in [1.165, 1.54) is 25.3 Å². The maximum absolute atomic E-state index is 13.1. The molecule has 0 heterocycles. The van der Waals surface area contributed by atoms with Crippen molar-refractivity contribution in [2.75, 3.05) is 12.4 Å². The number of nitrogens with one attached hydrogen (secondary N) is 1. The highest BCUT2D eigenvalue weighted by Gasteiger charge is 2.03. The van der Waals surface area contributed by atoms with Gasteiger partial charge in [0.05, 0.1) is 7.11 Å². The van der Waals surface area contributed by atoms with Gasteiger partial charge in [-0.3, -0.25) is 0 Å². The Balaban J connectivity index is 2.08. The van der Waals surface area contributed by atoms with Crippen LogP contribution in [0.25, 0.3) is 0 Å². The standard InChI is InChI=1S/C14H14FNO3/c1-19-14-3-2-11(7-13(14)18)16-8-9-4-10(15)6-12(17)5-9/h2-7,16-18H,8H2,1H3. The molecule has 3 N–H and O–H groups in total. The minimum atomic E-state index is -0.491. The zero-order valence-corrected chi connectivity index (χ0v) is 10.4. The molecule has 0 radical (unpaired) electrons. The number of benzene rings is 2. The van der Waals surface area contributed by atoms with Gasteiger partial charge in [-0.2, -0.15) is 0 Å². The molecule has 2 aromatic rings. The van der Waals surface area contributed by atoms with Crippen LogP contribution < -0.4 is 10.1 Å². The van der Waals surface area contributed by atoms with Crippen LogP contribution in [0, 0.1) is 5.82 Å². The van der Waals surface area contributed by atoms with Crippen LogP contribution >= 0.6 is 0 Å². The summed E-state index contributed by atoms with van der Waals surface area (Å²) in [5.41, 5.74) is 1.27. The van der Waals surface area contributed by atoms with Crippen molar-refractivity contribution in [2.24, 2.45) is 0 Å². The fourth-order valence-corrected chi connectivity index (χ4v) is 1.74. The van der Waals surface area contributed by atoms with Gasteiger partial charge in [0.1, 0.15) is 11.6 Å². The molecular formula is C14H14FNO3. The lowest BCUT2D eigenvalue weighted by Crippen LogP contribution is -1.99. The second-order valence-electron chi connectivity index (χ2n) is 4.06. The van der Waals surface area contributed by atoms with Crippen LogP contribution in [-0.2, 0) is 6.54 Å². The number of anilines is 1. The molecular weight excluding hydrogens is 249 g/mol. The third-order valence-electron chi connectivity index (χ3n) is 2.62. The first-order valence-corrected chi connectivity index (χ1v) is 5.68. The highest BCUT2D eigenvalue weighted by atomic mass is 19.1. The Hall–Kier alpha value is -2.43. The first-order chi connectivity index (χ1) is 9.08. The summed E-state index contributed by atoms with van der Waals surface area (Å²) in [5, 5.41) is 21.9. The highest BCUT2D eigenvalue weighted by Crippen LogP contribution is 2.28. The number of halogens is 1. The van der Waals surface area contributed by atoms with Gasteiger partial charge in [0.2, 0.25) is 0 Å². The van der Waals surface area contributed by atoms with Crippen molar-refractivity contribution in [1.82, 2.24) is 0 Å². The molecule has 0 aliphatic rings. The maximum Gasteiger partial charge on any atom is 0.160 e. The minimum Gasteiger partial charge on any atom is -0.508 e. The number of rotatable bonds is 4. The molecule has 0 bridgehead atoms. The Morgan fingerprint density at radius 1 is 1.16 bits per heavy atom. The summed E-state index contributed by atoms with van der Waals surface area (Å²) in [6.07, 6.45) is 0. The van der Waals surface area contributed by atoms with Crippen LogP contribution in [0.15, 0.2) is 36.4 Å². The number of ether oxygens (including phenoxy) is 1. The lowest BCUT2D eigenvalue weighted by Gasteiger charge is -2.09. The molecule has 5 heteroatoms. The second kappa shape index (κ2) is 5.48. The minimum absolute atomic E-state index is 0.0228. The molecule has 0 unspecified atom stereocenters. The fraction of sp³-hybridized carbons (Fsp3) is 0.143. The van der Waals surface area contributed by atoms with Crippen LogP contribution in [0.3, 0.4) is 0 Å². The predicted molar refractivity (Wildman–Crippen MR) is 70.1 cm³/mol. The Kier molecular flexibility index (Phi) is 3.75. The number of methoxy groups -OCH3 is 1. The van der Waals surface area contributed by atoms with Gasteiger partial charge in [-0.1, -0.05) is 0 Å². The van der Waals surface area contributed by atoms with Gasteiger partial charge < -0.3 is 20.3 Å². The number of phenols is 2. The molecule has 2 rings (SSSR count). The van der Waals surface area contributed by atoms with Crippen LogP contribution in [0.2, 0.25) is 0 Å². The molecule has 4 nitrogen and oxygen atoms in total. The predicted octanol–water partition coefficient (Wildman–Crippen LogP) is 2.86. The number of hydrogen-bond donors (Lipinski definition) is 3. The van der Waals surface area contributed by atoms with Crippen LogP contribution in [-0.4, -0.2) is 17.3 Å². The molecule has 0 atom stereocenters. The lowest BCUT2D eigenvalue weighted by atomic mass is 10.2. The normalized spacial score (nSPS) is 10.2. The van der Waals surface area contributed by atoms with E-state index in [1.54, 1.807) is 12.1 Å². The summed E-state index contributed by atoms with van der Waals surface area (Å²) < 4.78 is 18.0. The van der Waals surface area contributed by atoms with Crippen molar-refractivity contribution in [3.8, 4) is 17.2 Å². The Morgan fingerprint density at radius 3 is 2.58 bits per heavy atom. The van der Waals surface area contributed by atoms with Crippen molar-refractivity contribution in [3.63, 3.8) is 0 Å². The molecule has 2 aromatic carbocycles. The summed E-state index contributed by atoms with van der Waals surface area (Å²) in [4.78, 5) is 0. The van der Waals surface area contributed by atoms with E-state index >= 15 is 0 Å². The summed E-state index contributed by atoms with van der Waals surface area (Å²) >= 11 is 0. The first-order valence-electron chi connectivity index (χ1n) is 5.68. The van der Waals surface area contributed by atoms with E-state index in [2.05, 4.69) is 5.32 Å². The number of phenolic OH excluding ortho intramolecular Hbond substituents is 2. The number of aromatic hydroxyl groups is 2. The van der Waals surface area contributed by atoms with Crippen molar-refractivity contribution >= 4 is 5.69 Å². The first kappa shape index (κ1) is 13.0. The van der Waals surface area contributed by atoms with E-state index in [9.17, 15) is 14.6 Å². The SMILES string of the molecule is COc1ccc(NCc2cc(O)cc(F)c2)cc1O. The topological polar surface area (TPSA) is 61.7 Å². The van der Waals surface area contributed by atoms with Crippen LogP contribution in [0.4, 0.5) is 10.1 Å². The molecule has 19 heavy (non-hydrogen) atoms. The van der Waals surface area contributed by atoms with Crippen LogP contribution in [0.1, 0.15) is 5.56 Å². The van der Waals surface area contributed by atoms with Crippen LogP contribution in [0.5, 0.6) is 17.2 Å². The quantitative estimate of drug-likeness (QED) is 0.793. The van der Waals surface area contributed by atoms with Gasteiger partial charge in [0.25, 0.3) is 0 Å². The summed E-state index contributed by atoms with van der Waals surface area (Å²) in [6.45, 7) is 0.330. The molecule has 0 amide bonds. The van der Waals surface area contributed by atoms with Crippen molar-refractivity contribution < 1.29 is 19.3 Å². The average Bonchev–Trinajstić information content (AvgIpc) is 2.35. The molecule has 0 saturated carbocycles. The molecule has 0 spiro atoms. The molecule has 0 fully saturated rings. The zero-order valence-electron chi connectivity index (χ0n) is 10.4. The Labute approximate surface area is 110 Å². The zero-order chi connectivity index (χ0) is 13.8. The van der Waals surface area contributed by atoms with E-state index in [4.69, 9.17) is 4.74 Å². The highest BCUT2D eigenvalue weighted by molar-refractivity contribution is 5.54. The smallest absolute Gasteiger partial charge is 0.160 e. The van der Waals surface area contributed by atoms with E-state index in [-0.39, 0.29) is 11.5 Å². The monoisotopic (exact) mass is 263 g/mol. The van der Waals surface area contributed by atoms with E-state index < -0.39 is 5.82 Å². The van der Waals surface area contributed by atoms with Gasteiger partial charge >= 0.3 is 0 Å². The molecule has 0 saturated heterocycles. The van der Waals surface area contributed by atoms with Crippen molar-refractivity contribution in [3.05, 3.63) is 47.8 Å². The van der Waals surface area contributed by atoms with Gasteiger partial charge in [-0.15, -0.1) is 0 Å². The van der Waals surface area contributed by atoms with E-state index in [0.29, 0.717) is 23.5 Å².